The summed E-state index contributed by atoms with van der Waals surface area (Å²) in [5.41, 5.74) is 0.800. The van der Waals surface area contributed by atoms with Crippen molar-refractivity contribution in [3.63, 3.8) is 0 Å². The average molecular weight is 342 g/mol. The van der Waals surface area contributed by atoms with Gasteiger partial charge in [-0.3, -0.25) is 4.79 Å². The summed E-state index contributed by atoms with van der Waals surface area (Å²) in [5.74, 6) is -2.71. The van der Waals surface area contributed by atoms with Gasteiger partial charge in [-0.15, -0.1) is 0 Å². The van der Waals surface area contributed by atoms with E-state index in [9.17, 15) is 19.5 Å². The molecule has 124 valence electrons. The van der Waals surface area contributed by atoms with Gasteiger partial charge in [0.1, 0.15) is 6.10 Å². The number of hydrogen-bond acceptors (Lipinski definition) is 5. The number of aliphatic hydroxyl groups excluding tert-OH is 1. The number of nitrogens with one attached hydrogen (secondary N) is 1. The zero-order chi connectivity index (χ0) is 17.3. The Kier molecular flexibility index (Phi) is 4.91. The quantitative estimate of drug-likeness (QED) is 0.704. The van der Waals surface area contributed by atoms with E-state index in [1.54, 1.807) is 6.92 Å². The molecule has 0 saturated carbocycles. The molecule has 3 N–H and O–H groups in total. The number of aliphatic carboxylic acids is 1. The zero-order valence-electron chi connectivity index (χ0n) is 12.5. The van der Waals surface area contributed by atoms with Gasteiger partial charge in [0.2, 0.25) is 0 Å². The molecule has 1 aromatic carbocycles. The topological polar surface area (TPSA) is 113 Å². The molecule has 0 bridgehead atoms. The molecule has 1 amide bonds. The predicted octanol–water partition coefficient (Wildman–Crippen LogP) is 1.01. The summed E-state index contributed by atoms with van der Waals surface area (Å²) in [4.78, 5) is 35.1. The fraction of sp³-hybridized carbons (Fsp3) is 0.400. The van der Waals surface area contributed by atoms with Crippen LogP contribution in [0.1, 0.15) is 40.1 Å². The normalized spacial score (nSPS) is 19.3. The second-order valence-corrected chi connectivity index (χ2v) is 5.84. The molecular formula is C15H16ClNO6. The Bertz CT molecular complexity index is 672. The minimum absolute atomic E-state index is 0.0205. The highest BCUT2D eigenvalue weighted by molar-refractivity contribution is 6.32. The second kappa shape index (κ2) is 6.55. The third-order valence-electron chi connectivity index (χ3n) is 3.51. The Morgan fingerprint density at radius 2 is 2.09 bits per heavy atom. The highest BCUT2D eigenvalue weighted by atomic mass is 35.5. The third kappa shape index (κ3) is 3.62. The van der Waals surface area contributed by atoms with Crippen LogP contribution in [-0.2, 0) is 16.0 Å². The number of hydrogen-bond donors (Lipinski definition) is 3. The summed E-state index contributed by atoms with van der Waals surface area (Å²) in [6.07, 6.45) is -1.15. The van der Waals surface area contributed by atoms with Crippen molar-refractivity contribution < 1.29 is 29.3 Å². The molecule has 0 fully saturated rings. The molecule has 0 radical (unpaired) electrons. The number of benzene rings is 1. The van der Waals surface area contributed by atoms with Gasteiger partial charge in [-0.25, -0.2) is 9.59 Å². The molecule has 1 aliphatic rings. The van der Waals surface area contributed by atoms with Crippen molar-refractivity contribution in [1.82, 2.24) is 5.32 Å². The smallest absolute Gasteiger partial charge is 0.338 e. The van der Waals surface area contributed by atoms with E-state index in [4.69, 9.17) is 21.4 Å². The SMILES string of the molecule is CC1Cc2c(Cl)cc(C(=O)N[C@H](C(=O)O)[C@@H](C)O)cc2C(=O)O1. The van der Waals surface area contributed by atoms with Crippen LogP contribution in [0.5, 0.6) is 0 Å². The molecule has 0 aliphatic carbocycles. The standard InChI is InChI=1S/C15H16ClNO6/c1-6-3-9-10(15(22)23-6)4-8(5-11(9)16)13(19)17-12(7(2)18)14(20)21/h4-7,12,18H,3H2,1-2H3,(H,17,19)(H,20,21)/t6?,7-,12+/m1/s1. The van der Waals surface area contributed by atoms with Crippen molar-refractivity contribution in [3.8, 4) is 0 Å². The van der Waals surface area contributed by atoms with Crippen molar-refractivity contribution >= 4 is 29.4 Å². The molecule has 7 nitrogen and oxygen atoms in total. The Hall–Kier alpha value is -2.12. The Labute approximate surface area is 137 Å². The van der Waals surface area contributed by atoms with Crippen LogP contribution in [0.15, 0.2) is 12.1 Å². The number of carboxylic acid groups (broad SMARTS) is 1. The molecule has 3 atom stereocenters. The maximum Gasteiger partial charge on any atom is 0.338 e. The van der Waals surface area contributed by atoms with Gasteiger partial charge in [-0.2, -0.15) is 0 Å². The van der Waals surface area contributed by atoms with Gasteiger partial charge in [0.15, 0.2) is 6.04 Å². The van der Waals surface area contributed by atoms with Crippen LogP contribution in [0.4, 0.5) is 0 Å². The largest absolute Gasteiger partial charge is 0.480 e. The predicted molar refractivity (Wildman–Crippen MR) is 80.6 cm³/mol. The van der Waals surface area contributed by atoms with E-state index in [2.05, 4.69) is 5.32 Å². The number of halogens is 1. The van der Waals surface area contributed by atoms with E-state index < -0.39 is 30.0 Å². The second-order valence-electron chi connectivity index (χ2n) is 5.43. The highest BCUT2D eigenvalue weighted by Crippen LogP contribution is 2.29. The van der Waals surface area contributed by atoms with Crippen LogP contribution < -0.4 is 5.32 Å². The van der Waals surface area contributed by atoms with Crippen LogP contribution in [0, 0.1) is 0 Å². The number of amides is 1. The molecule has 1 heterocycles. The first-order chi connectivity index (χ1) is 10.7. The Morgan fingerprint density at radius 1 is 1.43 bits per heavy atom. The molecule has 2 rings (SSSR count). The van der Waals surface area contributed by atoms with E-state index in [0.29, 0.717) is 12.0 Å². The monoisotopic (exact) mass is 341 g/mol. The number of carbonyl (C=O) groups excluding carboxylic acids is 2. The van der Waals surface area contributed by atoms with E-state index in [-0.39, 0.29) is 22.3 Å². The van der Waals surface area contributed by atoms with Gasteiger partial charge in [0, 0.05) is 17.0 Å². The van der Waals surface area contributed by atoms with Gasteiger partial charge in [-0.1, -0.05) is 11.6 Å². The lowest BCUT2D eigenvalue weighted by Crippen LogP contribution is -2.47. The lowest BCUT2D eigenvalue weighted by atomic mass is 9.96. The summed E-state index contributed by atoms with van der Waals surface area (Å²) in [5, 5.41) is 20.8. The van der Waals surface area contributed by atoms with E-state index in [1.807, 2.05) is 0 Å². The van der Waals surface area contributed by atoms with Crippen LogP contribution >= 0.6 is 11.6 Å². The molecule has 1 aliphatic heterocycles. The van der Waals surface area contributed by atoms with Crippen LogP contribution in [0.2, 0.25) is 5.02 Å². The lowest BCUT2D eigenvalue weighted by Gasteiger charge is -2.23. The minimum Gasteiger partial charge on any atom is -0.480 e. The van der Waals surface area contributed by atoms with Crippen LogP contribution in [0.25, 0.3) is 0 Å². The van der Waals surface area contributed by atoms with Crippen molar-refractivity contribution in [3.05, 3.63) is 33.8 Å². The van der Waals surface area contributed by atoms with Crippen molar-refractivity contribution in [1.29, 1.82) is 0 Å². The van der Waals surface area contributed by atoms with Crippen molar-refractivity contribution in [2.45, 2.75) is 38.5 Å². The lowest BCUT2D eigenvalue weighted by molar-refractivity contribution is -0.141. The summed E-state index contributed by atoms with van der Waals surface area (Å²) in [6, 6.07) is 1.21. The Morgan fingerprint density at radius 3 is 2.65 bits per heavy atom. The van der Waals surface area contributed by atoms with Crippen LogP contribution in [0.3, 0.4) is 0 Å². The number of ether oxygens (including phenoxy) is 1. The number of esters is 1. The fourth-order valence-electron chi connectivity index (χ4n) is 2.35. The van der Waals surface area contributed by atoms with E-state index >= 15 is 0 Å². The van der Waals surface area contributed by atoms with Gasteiger partial charge < -0.3 is 20.3 Å². The Balaban J connectivity index is 2.32. The summed E-state index contributed by atoms with van der Waals surface area (Å²) < 4.78 is 5.10. The third-order valence-corrected chi connectivity index (χ3v) is 3.85. The number of aliphatic hydroxyl groups is 1. The van der Waals surface area contributed by atoms with Gasteiger partial charge in [-0.05, 0) is 31.5 Å². The minimum atomic E-state index is -1.47. The van der Waals surface area contributed by atoms with Crippen LogP contribution in [-0.4, -0.2) is 46.3 Å². The van der Waals surface area contributed by atoms with E-state index in [0.717, 1.165) is 0 Å². The van der Waals surface area contributed by atoms with Crippen molar-refractivity contribution in [2.75, 3.05) is 0 Å². The fourth-order valence-corrected chi connectivity index (χ4v) is 2.64. The molecule has 0 saturated heterocycles. The summed E-state index contributed by atoms with van der Waals surface area (Å²) in [6.45, 7) is 2.98. The number of carbonyl (C=O) groups is 3. The van der Waals surface area contributed by atoms with Gasteiger partial charge in [0.05, 0.1) is 11.7 Å². The van der Waals surface area contributed by atoms with E-state index in [1.165, 1.54) is 19.1 Å². The number of fused-ring (bicyclic) bond motifs is 1. The molecule has 1 aromatic rings. The van der Waals surface area contributed by atoms with Gasteiger partial charge >= 0.3 is 11.9 Å². The van der Waals surface area contributed by atoms with Gasteiger partial charge in [0.25, 0.3) is 5.91 Å². The average Bonchev–Trinajstić information content (AvgIpc) is 2.44. The number of carboxylic acids is 1. The molecule has 8 heteroatoms. The number of rotatable bonds is 4. The highest BCUT2D eigenvalue weighted by Gasteiger charge is 2.29. The van der Waals surface area contributed by atoms with Crippen molar-refractivity contribution in [2.24, 2.45) is 0 Å². The molecular weight excluding hydrogens is 326 g/mol. The maximum atomic E-state index is 12.2. The molecule has 1 unspecified atom stereocenters. The summed E-state index contributed by atoms with van der Waals surface area (Å²) >= 11 is 6.13. The number of cyclic esters (lactones) is 1. The molecule has 0 aromatic heterocycles. The maximum absolute atomic E-state index is 12.2. The summed E-state index contributed by atoms with van der Waals surface area (Å²) in [7, 11) is 0. The first-order valence-corrected chi connectivity index (χ1v) is 7.33. The molecule has 0 spiro atoms. The molecule has 23 heavy (non-hydrogen) atoms. The first-order valence-electron chi connectivity index (χ1n) is 6.95. The zero-order valence-corrected chi connectivity index (χ0v) is 13.3. The first kappa shape index (κ1) is 17.2.